The largest absolute Gasteiger partial charge is 0.466 e. The van der Waals surface area contributed by atoms with Gasteiger partial charge in [0, 0.05) is 13.0 Å². The summed E-state index contributed by atoms with van der Waals surface area (Å²) in [4.78, 5) is 25.3. The molecule has 1 aliphatic rings. The summed E-state index contributed by atoms with van der Waals surface area (Å²) < 4.78 is 10.0. The van der Waals surface area contributed by atoms with Gasteiger partial charge in [0.1, 0.15) is 0 Å². The minimum atomic E-state index is -0.0992. The average Bonchev–Trinajstić information content (AvgIpc) is 2.48. The van der Waals surface area contributed by atoms with Gasteiger partial charge in [0.15, 0.2) is 0 Å². The van der Waals surface area contributed by atoms with E-state index in [2.05, 4.69) is 4.90 Å². The molecule has 1 aliphatic heterocycles. The van der Waals surface area contributed by atoms with Crippen LogP contribution in [0.5, 0.6) is 0 Å². The van der Waals surface area contributed by atoms with Crippen molar-refractivity contribution in [2.24, 2.45) is 5.92 Å². The highest BCUT2D eigenvalue weighted by molar-refractivity contribution is 5.72. The Hall–Kier alpha value is -1.10. The number of carbonyl (C=O) groups is 2. The van der Waals surface area contributed by atoms with Crippen LogP contribution in [0.25, 0.3) is 0 Å². The van der Waals surface area contributed by atoms with E-state index in [9.17, 15) is 9.59 Å². The summed E-state index contributed by atoms with van der Waals surface area (Å²) in [6.07, 6.45) is 5.49. The maximum Gasteiger partial charge on any atom is 0.310 e. The molecule has 0 aromatic heterocycles. The summed E-state index contributed by atoms with van der Waals surface area (Å²) in [6.45, 7) is 7.48. The monoisotopic (exact) mass is 299 g/mol. The van der Waals surface area contributed by atoms with Gasteiger partial charge in [0.2, 0.25) is 0 Å². The molecule has 0 radical (unpaired) electrons. The first-order chi connectivity index (χ1) is 10.2. The fourth-order valence-corrected chi connectivity index (χ4v) is 2.73. The zero-order valence-corrected chi connectivity index (χ0v) is 13.4. The standard InChI is InChI=1S/C16H29NO4/c1-3-20-15(18)10-6-5-7-11-17-12-8-9-14(13-17)16(19)21-4-2/h14H,3-13H2,1-2H3/t14-/m0/s1. The molecule has 0 spiro atoms. The third kappa shape index (κ3) is 7.46. The number of esters is 2. The molecule has 1 fully saturated rings. The minimum absolute atomic E-state index is 0.0400. The van der Waals surface area contributed by atoms with Gasteiger partial charge in [-0.2, -0.15) is 0 Å². The van der Waals surface area contributed by atoms with Crippen molar-refractivity contribution < 1.29 is 19.1 Å². The predicted molar refractivity (Wildman–Crippen MR) is 80.9 cm³/mol. The van der Waals surface area contributed by atoms with Crippen molar-refractivity contribution >= 4 is 11.9 Å². The van der Waals surface area contributed by atoms with E-state index in [1.807, 2.05) is 13.8 Å². The van der Waals surface area contributed by atoms with Crippen molar-refractivity contribution in [2.45, 2.75) is 52.4 Å². The molecule has 21 heavy (non-hydrogen) atoms. The number of unbranched alkanes of at least 4 members (excludes halogenated alkanes) is 2. The Labute approximate surface area is 128 Å². The molecule has 5 heteroatoms. The number of rotatable bonds is 9. The van der Waals surface area contributed by atoms with E-state index in [1.165, 1.54) is 0 Å². The topological polar surface area (TPSA) is 55.8 Å². The first-order valence-corrected chi connectivity index (χ1v) is 8.22. The van der Waals surface area contributed by atoms with Crippen LogP contribution in [0, 0.1) is 5.92 Å². The Morgan fingerprint density at radius 2 is 1.86 bits per heavy atom. The summed E-state index contributed by atoms with van der Waals surface area (Å²) in [6, 6.07) is 0. The number of piperidine rings is 1. The van der Waals surface area contributed by atoms with Gasteiger partial charge in [0.25, 0.3) is 0 Å². The van der Waals surface area contributed by atoms with Gasteiger partial charge in [-0.25, -0.2) is 0 Å². The minimum Gasteiger partial charge on any atom is -0.466 e. The average molecular weight is 299 g/mol. The van der Waals surface area contributed by atoms with Crippen molar-refractivity contribution in [1.82, 2.24) is 4.90 Å². The fraction of sp³-hybridized carbons (Fsp3) is 0.875. The van der Waals surface area contributed by atoms with Crippen LogP contribution in [-0.2, 0) is 19.1 Å². The third-order valence-electron chi connectivity index (χ3n) is 3.79. The molecule has 0 saturated carbocycles. The molecule has 1 heterocycles. The second-order valence-electron chi connectivity index (χ2n) is 5.51. The van der Waals surface area contributed by atoms with E-state index in [-0.39, 0.29) is 17.9 Å². The van der Waals surface area contributed by atoms with Gasteiger partial charge in [-0.15, -0.1) is 0 Å². The quantitative estimate of drug-likeness (QED) is 0.483. The van der Waals surface area contributed by atoms with Gasteiger partial charge in [-0.1, -0.05) is 6.42 Å². The highest BCUT2D eigenvalue weighted by Gasteiger charge is 2.26. The predicted octanol–water partition coefficient (Wildman–Crippen LogP) is 2.39. The number of ether oxygens (including phenoxy) is 2. The van der Waals surface area contributed by atoms with E-state index < -0.39 is 0 Å². The third-order valence-corrected chi connectivity index (χ3v) is 3.79. The molecule has 1 atom stereocenters. The SMILES string of the molecule is CCOC(=O)CCCCCN1CCC[C@H](C(=O)OCC)C1. The van der Waals surface area contributed by atoms with E-state index in [4.69, 9.17) is 9.47 Å². The Morgan fingerprint density at radius 1 is 1.10 bits per heavy atom. The normalized spacial score (nSPS) is 19.2. The summed E-state index contributed by atoms with van der Waals surface area (Å²) >= 11 is 0. The highest BCUT2D eigenvalue weighted by Crippen LogP contribution is 2.18. The van der Waals surface area contributed by atoms with E-state index in [0.717, 1.165) is 51.7 Å². The molecule has 0 aliphatic carbocycles. The molecule has 5 nitrogen and oxygen atoms in total. The van der Waals surface area contributed by atoms with Crippen molar-refractivity contribution in [1.29, 1.82) is 0 Å². The van der Waals surface area contributed by atoms with Crippen molar-refractivity contribution in [3.63, 3.8) is 0 Å². The number of nitrogens with zero attached hydrogens (tertiary/aromatic N) is 1. The van der Waals surface area contributed by atoms with Gasteiger partial charge in [0.05, 0.1) is 19.1 Å². The second kappa shape index (κ2) is 10.6. The summed E-state index contributed by atoms with van der Waals surface area (Å²) in [7, 11) is 0. The number of carbonyl (C=O) groups excluding carboxylic acids is 2. The molecule has 0 amide bonds. The number of hydrogen-bond donors (Lipinski definition) is 0. The van der Waals surface area contributed by atoms with E-state index in [0.29, 0.717) is 19.6 Å². The highest BCUT2D eigenvalue weighted by atomic mass is 16.5. The maximum absolute atomic E-state index is 11.8. The van der Waals surface area contributed by atoms with Crippen molar-refractivity contribution in [3.8, 4) is 0 Å². The Balaban J connectivity index is 2.12. The van der Waals surface area contributed by atoms with Gasteiger partial charge in [-0.05, 0) is 52.6 Å². The lowest BCUT2D eigenvalue weighted by Gasteiger charge is -2.31. The van der Waals surface area contributed by atoms with E-state index >= 15 is 0 Å². The second-order valence-corrected chi connectivity index (χ2v) is 5.51. The molecule has 0 aromatic rings. The van der Waals surface area contributed by atoms with Crippen LogP contribution in [0.1, 0.15) is 52.4 Å². The molecule has 0 aromatic carbocycles. The van der Waals surface area contributed by atoms with Crippen LogP contribution < -0.4 is 0 Å². The lowest BCUT2D eigenvalue weighted by atomic mass is 9.98. The molecule has 1 saturated heterocycles. The zero-order valence-electron chi connectivity index (χ0n) is 13.4. The Kier molecular flexibility index (Phi) is 9.06. The summed E-state index contributed by atoms with van der Waals surface area (Å²) in [5.41, 5.74) is 0. The molecular weight excluding hydrogens is 270 g/mol. The van der Waals surface area contributed by atoms with Crippen molar-refractivity contribution in [2.75, 3.05) is 32.8 Å². The molecular formula is C16H29NO4. The first kappa shape index (κ1) is 18.0. The number of hydrogen-bond acceptors (Lipinski definition) is 5. The van der Waals surface area contributed by atoms with Crippen molar-refractivity contribution in [3.05, 3.63) is 0 Å². The number of likely N-dealkylation sites (tertiary alicyclic amines) is 1. The Bertz CT molecular complexity index is 319. The van der Waals surface area contributed by atoms with Crippen LogP contribution in [0.2, 0.25) is 0 Å². The van der Waals surface area contributed by atoms with Crippen LogP contribution in [-0.4, -0.2) is 49.7 Å². The smallest absolute Gasteiger partial charge is 0.310 e. The van der Waals surface area contributed by atoms with Crippen LogP contribution in [0.3, 0.4) is 0 Å². The van der Waals surface area contributed by atoms with Gasteiger partial charge >= 0.3 is 11.9 Å². The lowest BCUT2D eigenvalue weighted by molar-refractivity contribution is -0.150. The maximum atomic E-state index is 11.8. The van der Waals surface area contributed by atoms with Crippen LogP contribution in [0.15, 0.2) is 0 Å². The molecule has 0 bridgehead atoms. The molecule has 0 unspecified atom stereocenters. The Morgan fingerprint density at radius 3 is 2.57 bits per heavy atom. The van der Waals surface area contributed by atoms with E-state index in [1.54, 1.807) is 0 Å². The molecule has 0 N–H and O–H groups in total. The summed E-state index contributed by atoms with van der Waals surface area (Å²) in [5.74, 6) is -0.111. The lowest BCUT2D eigenvalue weighted by Crippen LogP contribution is -2.39. The molecule has 1 rings (SSSR count). The van der Waals surface area contributed by atoms with Gasteiger partial charge in [-0.3, -0.25) is 9.59 Å². The van der Waals surface area contributed by atoms with Crippen LogP contribution >= 0.6 is 0 Å². The molecule has 122 valence electrons. The zero-order chi connectivity index (χ0) is 15.5. The summed E-state index contributed by atoms with van der Waals surface area (Å²) in [5, 5.41) is 0. The fourth-order valence-electron chi connectivity index (χ4n) is 2.73. The van der Waals surface area contributed by atoms with Crippen LogP contribution in [0.4, 0.5) is 0 Å². The first-order valence-electron chi connectivity index (χ1n) is 8.22. The van der Waals surface area contributed by atoms with Gasteiger partial charge < -0.3 is 14.4 Å².